The molecule has 31 heavy (non-hydrogen) atoms. The summed E-state index contributed by atoms with van der Waals surface area (Å²) in [5.74, 6) is 0.995. The van der Waals surface area contributed by atoms with Crippen LogP contribution in [0.2, 0.25) is 0 Å². The molecule has 2 fully saturated rings. The van der Waals surface area contributed by atoms with Crippen molar-refractivity contribution in [2.75, 3.05) is 33.3 Å². The number of hydrogen-bond donors (Lipinski definition) is 2. The molecule has 0 spiro atoms. The van der Waals surface area contributed by atoms with Gasteiger partial charge in [0.25, 0.3) is 5.91 Å². The molecular weight excluding hydrogens is 398 g/mol. The number of guanidine groups is 1. The van der Waals surface area contributed by atoms with E-state index in [1.165, 1.54) is 16.9 Å². The number of hydrogen-bond acceptors (Lipinski definition) is 7. The highest BCUT2D eigenvalue weighted by molar-refractivity contribution is 6.03. The Bertz CT molecular complexity index is 883. The summed E-state index contributed by atoms with van der Waals surface area (Å²) in [6.45, 7) is 6.05. The van der Waals surface area contributed by atoms with Gasteiger partial charge in [0.05, 0.1) is 6.54 Å². The fourth-order valence-electron chi connectivity index (χ4n) is 4.34. The summed E-state index contributed by atoms with van der Waals surface area (Å²) in [6.07, 6.45) is 1.86. The lowest BCUT2D eigenvalue weighted by atomic mass is 10.1. The number of fused-ring (bicyclic) bond motifs is 1. The highest BCUT2D eigenvalue weighted by atomic mass is 16.5. The van der Waals surface area contributed by atoms with Crippen molar-refractivity contribution in [3.8, 4) is 5.75 Å². The van der Waals surface area contributed by atoms with E-state index in [0.29, 0.717) is 11.7 Å². The van der Waals surface area contributed by atoms with E-state index in [9.17, 15) is 14.7 Å². The second-order valence-corrected chi connectivity index (χ2v) is 8.60. The molecule has 168 valence electrons. The maximum atomic E-state index is 12.7. The molecule has 3 heterocycles. The Morgan fingerprint density at radius 2 is 1.94 bits per heavy atom. The third-order valence-electron chi connectivity index (χ3n) is 6.31. The smallest absolute Gasteiger partial charge is 0.325 e. The largest absolute Gasteiger partial charge is 0.491 e. The maximum absolute atomic E-state index is 12.7. The highest BCUT2D eigenvalue weighted by Gasteiger charge is 2.50. The number of aliphatic hydroxyl groups is 1. The number of piperidine rings is 1. The molecule has 1 aromatic rings. The van der Waals surface area contributed by atoms with E-state index >= 15 is 0 Å². The number of likely N-dealkylation sites (N-methyl/N-ethyl adjacent to an activating group) is 1. The number of carbonyl (C=O) groups excluding carboxylic acids is 2. The fraction of sp³-hybridized carbons (Fsp3) is 0.591. The first-order valence-electron chi connectivity index (χ1n) is 10.9. The molecule has 9 heteroatoms. The fourth-order valence-corrected chi connectivity index (χ4v) is 4.34. The highest BCUT2D eigenvalue weighted by Crippen LogP contribution is 2.27. The summed E-state index contributed by atoms with van der Waals surface area (Å²) in [5, 5.41) is 13.2. The molecule has 0 saturated carbocycles. The van der Waals surface area contributed by atoms with Crippen molar-refractivity contribution >= 4 is 17.9 Å². The number of nitrogens with zero attached hydrogens (tertiary/aromatic N) is 4. The number of benzene rings is 1. The first-order valence-corrected chi connectivity index (χ1v) is 10.9. The number of likely N-dealkylation sites (tertiary alicyclic amines) is 1. The van der Waals surface area contributed by atoms with E-state index in [0.717, 1.165) is 31.5 Å². The van der Waals surface area contributed by atoms with Crippen LogP contribution in [0.3, 0.4) is 0 Å². The Hall–Kier alpha value is -2.81. The minimum Gasteiger partial charge on any atom is -0.491 e. The van der Waals surface area contributed by atoms with Gasteiger partial charge >= 0.3 is 6.03 Å². The SMILES string of the molecule is Cc1ccc(OCC(O)CN2C(N3CCCCC3)=NC3C2C(=O)NC(=O)N3C)cc1C. The number of aryl methyl sites for hydroxylation is 2. The van der Waals surface area contributed by atoms with Gasteiger partial charge in [-0.05, 0) is 56.4 Å². The molecule has 0 aliphatic carbocycles. The van der Waals surface area contributed by atoms with E-state index < -0.39 is 24.3 Å². The van der Waals surface area contributed by atoms with Crippen LogP contribution in [-0.4, -0.2) is 89.3 Å². The average Bonchev–Trinajstić information content (AvgIpc) is 3.13. The molecule has 3 aliphatic heterocycles. The second-order valence-electron chi connectivity index (χ2n) is 8.60. The molecule has 9 nitrogen and oxygen atoms in total. The lowest BCUT2D eigenvalue weighted by Gasteiger charge is -2.39. The number of aliphatic hydroxyl groups excluding tert-OH is 1. The van der Waals surface area contributed by atoms with Gasteiger partial charge in [-0.15, -0.1) is 0 Å². The zero-order valence-electron chi connectivity index (χ0n) is 18.4. The third kappa shape index (κ3) is 4.32. The number of urea groups is 1. The van der Waals surface area contributed by atoms with Gasteiger partial charge in [0.15, 0.2) is 18.2 Å². The quantitative estimate of drug-likeness (QED) is 0.727. The molecule has 3 amide bonds. The maximum Gasteiger partial charge on any atom is 0.325 e. The van der Waals surface area contributed by atoms with Crippen molar-refractivity contribution in [2.45, 2.75) is 51.4 Å². The van der Waals surface area contributed by atoms with Gasteiger partial charge in [-0.25, -0.2) is 9.79 Å². The Morgan fingerprint density at radius 1 is 1.19 bits per heavy atom. The van der Waals surface area contributed by atoms with Gasteiger partial charge in [0.2, 0.25) is 0 Å². The summed E-state index contributed by atoms with van der Waals surface area (Å²) in [7, 11) is 1.64. The predicted molar refractivity (Wildman–Crippen MR) is 116 cm³/mol. The molecule has 3 atom stereocenters. The van der Waals surface area contributed by atoms with Gasteiger partial charge in [0, 0.05) is 20.1 Å². The molecule has 0 bridgehead atoms. The molecular formula is C22H31N5O4. The van der Waals surface area contributed by atoms with Gasteiger partial charge in [-0.1, -0.05) is 6.07 Å². The van der Waals surface area contributed by atoms with Gasteiger partial charge in [0.1, 0.15) is 18.5 Å². The second kappa shape index (κ2) is 8.74. The summed E-state index contributed by atoms with van der Waals surface area (Å²) in [6, 6.07) is 4.72. The lowest BCUT2D eigenvalue weighted by Crippen LogP contribution is -2.65. The lowest BCUT2D eigenvalue weighted by molar-refractivity contribution is -0.127. The number of β-amino-alcohol motifs (C(OH)–C–C–N with tert-alkyl or cyclic N) is 1. The third-order valence-corrected chi connectivity index (χ3v) is 6.31. The average molecular weight is 430 g/mol. The monoisotopic (exact) mass is 429 g/mol. The zero-order valence-corrected chi connectivity index (χ0v) is 18.4. The Balaban J connectivity index is 1.49. The van der Waals surface area contributed by atoms with Crippen LogP contribution in [0.1, 0.15) is 30.4 Å². The molecule has 3 aliphatic rings. The Morgan fingerprint density at radius 3 is 2.65 bits per heavy atom. The number of carbonyl (C=O) groups is 2. The first kappa shape index (κ1) is 21.4. The standard InChI is InChI=1S/C22H31N5O4/c1-14-7-8-17(11-15(14)2)31-13-16(28)12-27-18-19(25(3)22(30)24-20(18)29)23-21(27)26-9-5-4-6-10-26/h7-8,11,16,18-19,28H,4-6,9-10,12-13H2,1-3H3,(H,24,29,30). The summed E-state index contributed by atoms with van der Waals surface area (Å²) >= 11 is 0. The van der Waals surface area contributed by atoms with Gasteiger partial charge in [-0.3, -0.25) is 10.1 Å². The predicted octanol–water partition coefficient (Wildman–Crippen LogP) is 1.08. The molecule has 1 aromatic carbocycles. The molecule has 0 radical (unpaired) electrons. The van der Waals surface area contributed by atoms with Crippen LogP contribution in [0.4, 0.5) is 4.79 Å². The number of imide groups is 1. The van der Waals surface area contributed by atoms with E-state index in [1.807, 2.05) is 36.9 Å². The van der Waals surface area contributed by atoms with Crippen LogP contribution in [-0.2, 0) is 4.79 Å². The van der Waals surface area contributed by atoms with E-state index in [2.05, 4.69) is 10.2 Å². The molecule has 2 saturated heterocycles. The minimum atomic E-state index is -0.828. The molecule has 2 N–H and O–H groups in total. The number of rotatable bonds is 5. The van der Waals surface area contributed by atoms with Crippen molar-refractivity contribution in [3.05, 3.63) is 29.3 Å². The normalized spacial score (nSPS) is 24.6. The van der Waals surface area contributed by atoms with Gasteiger partial charge < -0.3 is 24.5 Å². The van der Waals surface area contributed by atoms with Crippen LogP contribution in [0.15, 0.2) is 23.2 Å². The van der Waals surface area contributed by atoms with E-state index in [1.54, 1.807) is 7.05 Å². The topological polar surface area (TPSA) is 97.7 Å². The van der Waals surface area contributed by atoms with Crippen LogP contribution >= 0.6 is 0 Å². The van der Waals surface area contributed by atoms with Crippen LogP contribution < -0.4 is 10.1 Å². The zero-order chi connectivity index (χ0) is 22.1. The number of nitrogens with one attached hydrogen (secondary N) is 1. The van der Waals surface area contributed by atoms with Gasteiger partial charge in [-0.2, -0.15) is 0 Å². The van der Waals surface area contributed by atoms with Crippen molar-refractivity contribution in [2.24, 2.45) is 4.99 Å². The summed E-state index contributed by atoms with van der Waals surface area (Å²) in [5.41, 5.74) is 2.31. The number of aliphatic imine (C=N–C) groups is 1. The first-order chi connectivity index (χ1) is 14.8. The van der Waals surface area contributed by atoms with E-state index in [4.69, 9.17) is 9.73 Å². The Labute approximate surface area is 182 Å². The van der Waals surface area contributed by atoms with Crippen LogP contribution in [0.25, 0.3) is 0 Å². The van der Waals surface area contributed by atoms with Crippen molar-refractivity contribution in [1.82, 2.24) is 20.0 Å². The Kier molecular flexibility index (Phi) is 6.04. The van der Waals surface area contributed by atoms with Crippen molar-refractivity contribution in [1.29, 1.82) is 0 Å². The van der Waals surface area contributed by atoms with Crippen LogP contribution in [0.5, 0.6) is 5.75 Å². The van der Waals surface area contributed by atoms with Crippen LogP contribution in [0, 0.1) is 13.8 Å². The summed E-state index contributed by atoms with van der Waals surface area (Å²) in [4.78, 5) is 35.0. The number of ether oxygens (including phenoxy) is 1. The molecule has 3 unspecified atom stereocenters. The molecule has 0 aromatic heterocycles. The minimum absolute atomic E-state index is 0.0973. The van der Waals surface area contributed by atoms with E-state index in [-0.39, 0.29) is 19.1 Å². The number of amides is 3. The van der Waals surface area contributed by atoms with Crippen molar-refractivity contribution < 1.29 is 19.4 Å². The van der Waals surface area contributed by atoms with Crippen molar-refractivity contribution in [3.63, 3.8) is 0 Å². The summed E-state index contributed by atoms with van der Waals surface area (Å²) < 4.78 is 5.80. The molecule has 4 rings (SSSR count).